The molecule has 0 aliphatic rings. The Kier molecular flexibility index (Phi) is 2.64. The Morgan fingerprint density at radius 2 is 1.92 bits per heavy atom. The molecule has 3 N–H and O–H groups in total. The molecule has 0 aliphatic carbocycles. The normalized spacial score (nSPS) is 9.31. The molecule has 0 heterocycles. The monoisotopic (exact) mass is 178 g/mol. The van der Waals surface area contributed by atoms with Crippen molar-refractivity contribution in [1.29, 1.82) is 5.41 Å². The highest BCUT2D eigenvalue weighted by Crippen LogP contribution is 2.11. The van der Waals surface area contributed by atoms with Gasteiger partial charge in [0.2, 0.25) is 0 Å². The fourth-order valence-corrected chi connectivity index (χ4v) is 0.868. The Bertz CT molecular complexity index is 330. The van der Waals surface area contributed by atoms with Gasteiger partial charge in [-0.2, -0.15) is 0 Å². The van der Waals surface area contributed by atoms with Gasteiger partial charge in [-0.3, -0.25) is 10.2 Å². The average molecular weight is 178 g/mol. The van der Waals surface area contributed by atoms with Gasteiger partial charge in [0.05, 0.1) is 0 Å². The first-order chi connectivity index (χ1) is 6.09. The van der Waals surface area contributed by atoms with Crippen LogP contribution in [0, 0.1) is 5.41 Å². The number of hydrogen-bond acceptors (Lipinski definition) is 3. The van der Waals surface area contributed by atoms with Crippen LogP contribution >= 0.6 is 0 Å². The van der Waals surface area contributed by atoms with Crippen LogP contribution in [-0.4, -0.2) is 11.8 Å². The van der Waals surface area contributed by atoms with Crippen molar-refractivity contribution >= 4 is 11.8 Å². The van der Waals surface area contributed by atoms with E-state index in [1.165, 1.54) is 6.92 Å². The van der Waals surface area contributed by atoms with Crippen molar-refractivity contribution in [3.05, 3.63) is 29.8 Å². The molecule has 0 radical (unpaired) electrons. The second-order valence-electron chi connectivity index (χ2n) is 2.53. The Labute approximate surface area is 75.8 Å². The first-order valence-electron chi connectivity index (χ1n) is 3.72. The Morgan fingerprint density at radius 3 is 2.31 bits per heavy atom. The van der Waals surface area contributed by atoms with Crippen molar-refractivity contribution < 1.29 is 9.53 Å². The quantitative estimate of drug-likeness (QED) is 0.305. The summed E-state index contributed by atoms with van der Waals surface area (Å²) in [5, 5.41) is 7.12. The van der Waals surface area contributed by atoms with E-state index in [0.29, 0.717) is 11.3 Å². The number of carbonyl (C=O) groups is 1. The summed E-state index contributed by atoms with van der Waals surface area (Å²) in [6.45, 7) is 1.33. The van der Waals surface area contributed by atoms with Gasteiger partial charge < -0.3 is 10.5 Å². The van der Waals surface area contributed by atoms with Crippen molar-refractivity contribution in [2.75, 3.05) is 0 Å². The summed E-state index contributed by atoms with van der Waals surface area (Å²) in [4.78, 5) is 10.5. The zero-order valence-corrected chi connectivity index (χ0v) is 7.20. The second-order valence-corrected chi connectivity index (χ2v) is 2.53. The molecule has 4 heteroatoms. The maximum atomic E-state index is 10.5. The van der Waals surface area contributed by atoms with Crippen LogP contribution < -0.4 is 10.5 Å². The van der Waals surface area contributed by atoms with Gasteiger partial charge >= 0.3 is 5.97 Å². The molecule has 0 saturated heterocycles. The number of nitrogen functional groups attached to an aromatic ring is 1. The fourth-order valence-electron chi connectivity index (χ4n) is 0.868. The Morgan fingerprint density at radius 1 is 1.38 bits per heavy atom. The third-order valence-electron chi connectivity index (χ3n) is 1.43. The predicted molar refractivity (Wildman–Crippen MR) is 48.8 cm³/mol. The van der Waals surface area contributed by atoms with E-state index in [0.717, 1.165) is 0 Å². The second kappa shape index (κ2) is 3.71. The van der Waals surface area contributed by atoms with E-state index in [1.54, 1.807) is 24.3 Å². The van der Waals surface area contributed by atoms with Gasteiger partial charge in [-0.1, -0.05) is 0 Å². The highest BCUT2D eigenvalue weighted by atomic mass is 16.5. The number of ether oxygens (including phenoxy) is 1. The molecule has 0 fully saturated rings. The number of esters is 1. The van der Waals surface area contributed by atoms with Crippen LogP contribution in [0.2, 0.25) is 0 Å². The summed E-state index contributed by atoms with van der Waals surface area (Å²) < 4.78 is 4.80. The molecule has 1 aromatic rings. The van der Waals surface area contributed by atoms with Crippen molar-refractivity contribution in [1.82, 2.24) is 0 Å². The number of rotatable bonds is 2. The number of amidine groups is 1. The molecular weight excluding hydrogens is 168 g/mol. The van der Waals surface area contributed by atoms with Crippen LogP contribution in [0.25, 0.3) is 0 Å². The van der Waals surface area contributed by atoms with Gasteiger partial charge in [0.1, 0.15) is 11.6 Å². The molecule has 0 spiro atoms. The summed E-state index contributed by atoms with van der Waals surface area (Å²) in [5.74, 6) is 0.0856. The third-order valence-corrected chi connectivity index (χ3v) is 1.43. The molecular formula is C9H10N2O2. The molecule has 1 aromatic carbocycles. The molecule has 1 rings (SSSR count). The Hall–Kier alpha value is -1.84. The first kappa shape index (κ1) is 9.25. The van der Waals surface area contributed by atoms with Crippen LogP contribution in [-0.2, 0) is 4.79 Å². The lowest BCUT2D eigenvalue weighted by Gasteiger charge is -2.01. The molecule has 13 heavy (non-hydrogen) atoms. The van der Waals surface area contributed by atoms with E-state index in [9.17, 15) is 4.79 Å². The summed E-state index contributed by atoms with van der Waals surface area (Å²) in [7, 11) is 0. The van der Waals surface area contributed by atoms with Crippen LogP contribution in [0.4, 0.5) is 0 Å². The maximum Gasteiger partial charge on any atom is 0.308 e. The van der Waals surface area contributed by atoms with E-state index < -0.39 is 0 Å². The number of hydrogen-bond donors (Lipinski definition) is 2. The van der Waals surface area contributed by atoms with Gasteiger partial charge in [-0.15, -0.1) is 0 Å². The summed E-state index contributed by atoms with van der Waals surface area (Å²) in [6.07, 6.45) is 0. The van der Waals surface area contributed by atoms with Gasteiger partial charge in [0, 0.05) is 12.5 Å². The maximum absolute atomic E-state index is 10.5. The lowest BCUT2D eigenvalue weighted by atomic mass is 10.2. The van der Waals surface area contributed by atoms with E-state index in [4.69, 9.17) is 15.9 Å². The standard InChI is InChI=1S/C9H10N2O2/c1-6(12)13-8-4-2-7(3-5-8)9(10)11/h2-5H,1H3,(H3,10,11). The molecule has 0 aliphatic heterocycles. The number of carbonyl (C=O) groups excluding carboxylic acids is 1. The van der Waals surface area contributed by atoms with Crippen molar-refractivity contribution in [3.63, 3.8) is 0 Å². The molecule has 0 amide bonds. The molecule has 0 unspecified atom stereocenters. The van der Waals surface area contributed by atoms with Crippen molar-refractivity contribution in [2.45, 2.75) is 6.92 Å². The minimum Gasteiger partial charge on any atom is -0.427 e. The highest BCUT2D eigenvalue weighted by Gasteiger charge is 1.99. The number of nitrogens with one attached hydrogen (secondary N) is 1. The van der Waals surface area contributed by atoms with Crippen LogP contribution in [0.1, 0.15) is 12.5 Å². The smallest absolute Gasteiger partial charge is 0.308 e. The van der Waals surface area contributed by atoms with E-state index in [-0.39, 0.29) is 11.8 Å². The van der Waals surface area contributed by atoms with E-state index in [2.05, 4.69) is 0 Å². The Balaban J connectivity index is 2.81. The van der Waals surface area contributed by atoms with Gasteiger partial charge in [0.25, 0.3) is 0 Å². The SMILES string of the molecule is CC(=O)Oc1ccc(C(=N)N)cc1. The van der Waals surface area contributed by atoms with Crippen LogP contribution in [0.5, 0.6) is 5.75 Å². The van der Waals surface area contributed by atoms with Gasteiger partial charge in [-0.05, 0) is 24.3 Å². The molecule has 68 valence electrons. The summed E-state index contributed by atoms with van der Waals surface area (Å²) >= 11 is 0. The van der Waals surface area contributed by atoms with Crippen molar-refractivity contribution in [3.8, 4) is 5.75 Å². The van der Waals surface area contributed by atoms with E-state index >= 15 is 0 Å². The zero-order chi connectivity index (χ0) is 9.84. The summed E-state index contributed by atoms with van der Waals surface area (Å²) in [5.41, 5.74) is 5.85. The lowest BCUT2D eigenvalue weighted by Crippen LogP contribution is -2.10. The molecule has 0 saturated carbocycles. The number of nitrogens with two attached hydrogens (primary N) is 1. The molecule has 0 aromatic heterocycles. The predicted octanol–water partition coefficient (Wildman–Crippen LogP) is 0.896. The van der Waals surface area contributed by atoms with Crippen molar-refractivity contribution in [2.24, 2.45) is 5.73 Å². The molecule has 0 atom stereocenters. The zero-order valence-electron chi connectivity index (χ0n) is 7.20. The topological polar surface area (TPSA) is 76.2 Å². The minimum atomic E-state index is -0.365. The van der Waals surface area contributed by atoms with Gasteiger partial charge in [0.15, 0.2) is 0 Å². The average Bonchev–Trinajstić information content (AvgIpc) is 2.04. The van der Waals surface area contributed by atoms with Crippen LogP contribution in [0.15, 0.2) is 24.3 Å². The lowest BCUT2D eigenvalue weighted by molar-refractivity contribution is -0.131. The largest absolute Gasteiger partial charge is 0.427 e. The van der Waals surface area contributed by atoms with Gasteiger partial charge in [-0.25, -0.2) is 0 Å². The first-order valence-corrected chi connectivity index (χ1v) is 3.72. The molecule has 0 bridgehead atoms. The number of benzene rings is 1. The molecule has 4 nitrogen and oxygen atoms in total. The van der Waals surface area contributed by atoms with E-state index in [1.807, 2.05) is 0 Å². The van der Waals surface area contributed by atoms with Crippen LogP contribution in [0.3, 0.4) is 0 Å². The minimum absolute atomic E-state index is 0.00521. The summed E-state index contributed by atoms with van der Waals surface area (Å²) in [6, 6.07) is 6.44. The third kappa shape index (κ3) is 2.59. The highest BCUT2D eigenvalue weighted by molar-refractivity contribution is 5.95. The fraction of sp³-hybridized carbons (Fsp3) is 0.111.